The lowest BCUT2D eigenvalue weighted by molar-refractivity contribution is 0.318. The van der Waals surface area contributed by atoms with Crippen LogP contribution in [0, 0.1) is 11.6 Å². The molecule has 1 aromatic carbocycles. The zero-order chi connectivity index (χ0) is 15.2. The number of benzene rings is 1. The van der Waals surface area contributed by atoms with Crippen LogP contribution in [0.1, 0.15) is 38.1 Å². The van der Waals surface area contributed by atoms with Crippen molar-refractivity contribution < 1.29 is 4.74 Å². The van der Waals surface area contributed by atoms with E-state index < -0.39 is 0 Å². The highest BCUT2D eigenvalue weighted by Gasteiger charge is 2.11. The molecule has 112 valence electrons. The minimum atomic E-state index is 0.664. The average Bonchev–Trinajstić information content (AvgIpc) is 2.49. The summed E-state index contributed by atoms with van der Waals surface area (Å²) in [5.41, 5.74) is 3.07. The molecule has 0 saturated carbocycles. The minimum Gasteiger partial charge on any atom is -0.493 e. The van der Waals surface area contributed by atoms with Crippen molar-refractivity contribution in [3.63, 3.8) is 0 Å². The van der Waals surface area contributed by atoms with Gasteiger partial charge in [0.15, 0.2) is 0 Å². The molecule has 2 rings (SSSR count). The Morgan fingerprint density at radius 3 is 2.67 bits per heavy atom. The minimum absolute atomic E-state index is 0.664. The number of para-hydroxylation sites is 1. The van der Waals surface area contributed by atoms with Gasteiger partial charge in [0, 0.05) is 17.5 Å². The van der Waals surface area contributed by atoms with Gasteiger partial charge in [-0.2, -0.15) is 0 Å². The molecule has 1 aromatic heterocycles. The summed E-state index contributed by atoms with van der Waals surface area (Å²) in [6.07, 6.45) is 2.92. The van der Waals surface area contributed by atoms with Gasteiger partial charge in [-0.15, -0.1) is 0 Å². The van der Waals surface area contributed by atoms with Crippen molar-refractivity contribution in [3.8, 4) is 17.0 Å². The number of H-pyrrole nitrogens is 1. The molecule has 0 amide bonds. The first-order valence-electron chi connectivity index (χ1n) is 7.49. The fourth-order valence-electron chi connectivity index (χ4n) is 2.21. The zero-order valence-corrected chi connectivity index (χ0v) is 13.7. The Kier molecular flexibility index (Phi) is 5.51. The van der Waals surface area contributed by atoms with Gasteiger partial charge in [0.05, 0.1) is 12.3 Å². The largest absolute Gasteiger partial charge is 0.493 e. The summed E-state index contributed by atoms with van der Waals surface area (Å²) in [5.74, 6) is 1.83. The molecule has 0 radical (unpaired) electrons. The average molecular weight is 302 g/mol. The van der Waals surface area contributed by atoms with Crippen LogP contribution in [0.3, 0.4) is 0 Å². The maximum absolute atomic E-state index is 5.86. The summed E-state index contributed by atoms with van der Waals surface area (Å²) in [6.45, 7) is 6.96. The van der Waals surface area contributed by atoms with Crippen LogP contribution in [0.5, 0.6) is 5.75 Å². The van der Waals surface area contributed by atoms with Crippen molar-refractivity contribution in [1.82, 2.24) is 9.97 Å². The smallest absolute Gasteiger partial charge is 0.133 e. The number of aromatic amines is 1. The van der Waals surface area contributed by atoms with E-state index in [1.807, 2.05) is 25.1 Å². The van der Waals surface area contributed by atoms with Crippen LogP contribution in [0.15, 0.2) is 24.3 Å². The van der Waals surface area contributed by atoms with Crippen molar-refractivity contribution in [3.05, 3.63) is 40.3 Å². The topological polar surface area (TPSA) is 37.9 Å². The van der Waals surface area contributed by atoms with Crippen molar-refractivity contribution in [2.75, 3.05) is 6.61 Å². The number of nitrogens with one attached hydrogen (secondary N) is 1. The van der Waals surface area contributed by atoms with Crippen LogP contribution in [0.25, 0.3) is 11.3 Å². The van der Waals surface area contributed by atoms with E-state index in [4.69, 9.17) is 17.0 Å². The van der Waals surface area contributed by atoms with E-state index >= 15 is 0 Å². The molecule has 0 aliphatic carbocycles. The Bertz CT molecular complexity index is 664. The normalized spacial score (nSPS) is 10.6. The third-order valence-electron chi connectivity index (χ3n) is 3.31. The van der Waals surface area contributed by atoms with Crippen molar-refractivity contribution in [1.29, 1.82) is 0 Å². The molecular formula is C17H22N2OS. The number of rotatable bonds is 6. The number of hydrogen-bond donors (Lipinski definition) is 1. The van der Waals surface area contributed by atoms with Gasteiger partial charge in [-0.3, -0.25) is 0 Å². The number of aryl methyl sites for hydroxylation is 1. The first kappa shape index (κ1) is 15.7. The van der Waals surface area contributed by atoms with Crippen LogP contribution >= 0.6 is 12.2 Å². The quantitative estimate of drug-likeness (QED) is 0.775. The third-order valence-corrected chi connectivity index (χ3v) is 3.70. The standard InChI is InChI=1S/C17H22N2OS/c1-4-8-15-18-16(12(3)17(21)19-15)13-9-6-7-10-14(13)20-11-5-2/h6-7,9-10H,4-5,8,11H2,1-3H3,(H,18,19,21). The van der Waals surface area contributed by atoms with Gasteiger partial charge in [0.25, 0.3) is 0 Å². The molecule has 0 aliphatic rings. The number of hydrogen-bond acceptors (Lipinski definition) is 3. The Labute approximate surface area is 131 Å². The highest BCUT2D eigenvalue weighted by molar-refractivity contribution is 7.71. The monoisotopic (exact) mass is 302 g/mol. The van der Waals surface area contributed by atoms with Crippen LogP contribution in [-0.4, -0.2) is 16.6 Å². The molecule has 2 aromatic rings. The van der Waals surface area contributed by atoms with Crippen molar-refractivity contribution >= 4 is 12.2 Å². The summed E-state index contributed by atoms with van der Waals surface area (Å²) in [6, 6.07) is 8.08. The molecule has 0 saturated heterocycles. The molecule has 0 fully saturated rings. The molecule has 0 bridgehead atoms. The Morgan fingerprint density at radius 1 is 1.19 bits per heavy atom. The predicted octanol–water partition coefficient (Wildman–Crippen LogP) is 4.86. The molecule has 4 heteroatoms. The van der Waals surface area contributed by atoms with Crippen molar-refractivity contribution in [2.24, 2.45) is 0 Å². The van der Waals surface area contributed by atoms with Gasteiger partial charge in [0.2, 0.25) is 0 Å². The Morgan fingerprint density at radius 2 is 1.95 bits per heavy atom. The molecule has 1 heterocycles. The van der Waals surface area contributed by atoms with Crippen LogP contribution in [-0.2, 0) is 6.42 Å². The molecule has 21 heavy (non-hydrogen) atoms. The third kappa shape index (κ3) is 3.70. The second-order valence-corrected chi connectivity index (χ2v) is 5.47. The van der Waals surface area contributed by atoms with Gasteiger partial charge in [-0.05, 0) is 31.9 Å². The van der Waals surface area contributed by atoms with E-state index in [0.717, 1.165) is 47.7 Å². The summed E-state index contributed by atoms with van der Waals surface area (Å²) in [4.78, 5) is 7.89. The molecule has 0 atom stereocenters. The first-order valence-corrected chi connectivity index (χ1v) is 7.90. The maximum Gasteiger partial charge on any atom is 0.133 e. The fourth-order valence-corrected chi connectivity index (χ4v) is 2.43. The molecule has 0 aliphatic heterocycles. The van der Waals surface area contributed by atoms with E-state index in [0.29, 0.717) is 11.2 Å². The lowest BCUT2D eigenvalue weighted by atomic mass is 10.1. The second-order valence-electron chi connectivity index (χ2n) is 5.08. The predicted molar refractivity (Wildman–Crippen MR) is 89.4 cm³/mol. The Balaban J connectivity index is 2.53. The van der Waals surface area contributed by atoms with E-state index in [-0.39, 0.29) is 0 Å². The second kappa shape index (κ2) is 7.36. The van der Waals surface area contributed by atoms with Gasteiger partial charge in [-0.25, -0.2) is 4.98 Å². The lowest BCUT2D eigenvalue weighted by Crippen LogP contribution is -2.03. The van der Waals surface area contributed by atoms with E-state index in [1.165, 1.54) is 0 Å². The van der Waals surface area contributed by atoms with Crippen LogP contribution in [0.4, 0.5) is 0 Å². The molecule has 1 N–H and O–H groups in total. The zero-order valence-electron chi connectivity index (χ0n) is 12.9. The summed E-state index contributed by atoms with van der Waals surface area (Å²) < 4.78 is 6.53. The van der Waals surface area contributed by atoms with E-state index in [9.17, 15) is 0 Å². The van der Waals surface area contributed by atoms with Gasteiger partial charge in [-0.1, -0.05) is 38.2 Å². The summed E-state index contributed by atoms with van der Waals surface area (Å²) in [7, 11) is 0. The fraction of sp³-hybridized carbons (Fsp3) is 0.412. The molecule has 0 spiro atoms. The molecular weight excluding hydrogens is 280 g/mol. The first-order chi connectivity index (χ1) is 10.2. The van der Waals surface area contributed by atoms with E-state index in [2.05, 4.69) is 29.9 Å². The maximum atomic E-state index is 5.86. The van der Waals surface area contributed by atoms with Gasteiger partial charge in [0.1, 0.15) is 16.2 Å². The van der Waals surface area contributed by atoms with E-state index in [1.54, 1.807) is 0 Å². The lowest BCUT2D eigenvalue weighted by Gasteiger charge is -2.14. The summed E-state index contributed by atoms with van der Waals surface area (Å²) in [5, 5.41) is 0. The van der Waals surface area contributed by atoms with Gasteiger partial charge >= 0.3 is 0 Å². The number of aromatic nitrogens is 2. The highest BCUT2D eigenvalue weighted by atomic mass is 32.1. The van der Waals surface area contributed by atoms with Gasteiger partial charge < -0.3 is 9.72 Å². The van der Waals surface area contributed by atoms with Crippen molar-refractivity contribution in [2.45, 2.75) is 40.0 Å². The SMILES string of the molecule is CCCOc1ccccc1-c1[nH]c(CCC)nc(=S)c1C. The van der Waals surface area contributed by atoms with Crippen LogP contribution in [0.2, 0.25) is 0 Å². The molecule has 3 nitrogen and oxygen atoms in total. The Hall–Kier alpha value is -1.68. The van der Waals surface area contributed by atoms with Crippen LogP contribution < -0.4 is 4.74 Å². The molecule has 0 unspecified atom stereocenters. The number of ether oxygens (including phenoxy) is 1. The number of nitrogens with zero attached hydrogens (tertiary/aromatic N) is 1. The highest BCUT2D eigenvalue weighted by Crippen LogP contribution is 2.31. The summed E-state index contributed by atoms with van der Waals surface area (Å²) >= 11 is 5.40.